The lowest BCUT2D eigenvalue weighted by Crippen LogP contribution is -2.47. The third-order valence-electron chi connectivity index (χ3n) is 4.33. The van der Waals surface area contributed by atoms with Crippen molar-refractivity contribution >= 4 is 0 Å². The van der Waals surface area contributed by atoms with Crippen molar-refractivity contribution in [1.82, 2.24) is 10.3 Å². The van der Waals surface area contributed by atoms with Crippen LogP contribution < -0.4 is 5.32 Å². The Morgan fingerprint density at radius 3 is 2.95 bits per heavy atom. The maximum atomic E-state index is 14.0. The normalized spacial score (nSPS) is 29.2. The van der Waals surface area contributed by atoms with E-state index in [0.29, 0.717) is 11.5 Å². The summed E-state index contributed by atoms with van der Waals surface area (Å²) >= 11 is 0. The van der Waals surface area contributed by atoms with Gasteiger partial charge in [-0.1, -0.05) is 19.8 Å². The number of nitrogens with zero attached hydrogens (tertiary/aromatic N) is 1. The molecule has 1 aromatic rings. The van der Waals surface area contributed by atoms with Crippen LogP contribution in [-0.2, 0) is 4.74 Å². The van der Waals surface area contributed by atoms with Crippen LogP contribution in [0.4, 0.5) is 4.39 Å². The SMILES string of the molecule is CNC(c1ccncc1F)C1(OC)CCCC(C)C1. The number of pyridine rings is 1. The minimum absolute atomic E-state index is 0.136. The zero-order chi connectivity index (χ0) is 13.9. The first kappa shape index (κ1) is 14.4. The molecule has 4 heteroatoms. The van der Waals surface area contributed by atoms with E-state index in [-0.39, 0.29) is 17.5 Å². The number of methoxy groups -OCH3 is 1. The van der Waals surface area contributed by atoms with Gasteiger partial charge in [0.25, 0.3) is 0 Å². The van der Waals surface area contributed by atoms with E-state index in [2.05, 4.69) is 17.2 Å². The molecule has 0 aromatic carbocycles. The molecule has 1 aliphatic rings. The highest BCUT2D eigenvalue weighted by Gasteiger charge is 2.43. The molecule has 1 fully saturated rings. The van der Waals surface area contributed by atoms with Crippen molar-refractivity contribution in [2.75, 3.05) is 14.2 Å². The van der Waals surface area contributed by atoms with Crippen LogP contribution >= 0.6 is 0 Å². The summed E-state index contributed by atoms with van der Waals surface area (Å²) in [5.74, 6) is 0.339. The van der Waals surface area contributed by atoms with Gasteiger partial charge in [0.1, 0.15) is 5.82 Å². The lowest BCUT2D eigenvalue weighted by molar-refractivity contribution is -0.0797. The summed E-state index contributed by atoms with van der Waals surface area (Å²) in [7, 11) is 3.60. The number of ether oxygens (including phenoxy) is 1. The lowest BCUT2D eigenvalue weighted by atomic mass is 9.73. The largest absolute Gasteiger partial charge is 0.376 e. The third kappa shape index (κ3) is 2.79. The van der Waals surface area contributed by atoms with Crippen LogP contribution in [0.1, 0.15) is 44.2 Å². The Balaban J connectivity index is 2.36. The lowest BCUT2D eigenvalue weighted by Gasteiger charge is -2.44. The molecular formula is C15H23FN2O. The molecule has 0 amide bonds. The predicted octanol–water partition coefficient (Wildman–Crippen LogP) is 3.08. The first-order valence-corrected chi connectivity index (χ1v) is 6.95. The summed E-state index contributed by atoms with van der Waals surface area (Å²) in [5, 5.41) is 3.25. The Hall–Kier alpha value is -1.00. The van der Waals surface area contributed by atoms with Gasteiger partial charge in [-0.25, -0.2) is 4.39 Å². The van der Waals surface area contributed by atoms with Crippen molar-refractivity contribution in [2.24, 2.45) is 5.92 Å². The first-order chi connectivity index (χ1) is 9.13. The van der Waals surface area contributed by atoms with E-state index < -0.39 is 0 Å². The molecule has 1 aliphatic carbocycles. The van der Waals surface area contributed by atoms with Gasteiger partial charge in [-0.05, 0) is 31.9 Å². The van der Waals surface area contributed by atoms with Gasteiger partial charge in [0, 0.05) is 18.9 Å². The topological polar surface area (TPSA) is 34.2 Å². The Bertz CT molecular complexity index is 426. The van der Waals surface area contributed by atoms with Gasteiger partial charge in [0.05, 0.1) is 17.8 Å². The standard InChI is InChI=1S/C15H23FN2O/c1-11-5-4-7-15(9-11,19-3)14(17-2)12-6-8-18-10-13(12)16/h6,8,10-11,14,17H,4-5,7,9H2,1-3H3. The van der Waals surface area contributed by atoms with E-state index >= 15 is 0 Å². The van der Waals surface area contributed by atoms with Crippen molar-refractivity contribution in [2.45, 2.75) is 44.2 Å². The summed E-state index contributed by atoms with van der Waals surface area (Å²) in [6, 6.07) is 1.61. The van der Waals surface area contributed by atoms with E-state index in [4.69, 9.17) is 4.74 Å². The van der Waals surface area contributed by atoms with E-state index in [1.165, 1.54) is 12.6 Å². The number of hydrogen-bond donors (Lipinski definition) is 1. The molecule has 3 atom stereocenters. The van der Waals surface area contributed by atoms with Crippen LogP contribution in [0.2, 0.25) is 0 Å². The molecule has 1 saturated carbocycles. The maximum Gasteiger partial charge on any atom is 0.146 e. The van der Waals surface area contributed by atoms with E-state index in [9.17, 15) is 4.39 Å². The second-order valence-electron chi connectivity index (χ2n) is 5.59. The van der Waals surface area contributed by atoms with Crippen molar-refractivity contribution in [3.05, 3.63) is 29.8 Å². The average Bonchev–Trinajstić information content (AvgIpc) is 2.42. The van der Waals surface area contributed by atoms with Crippen molar-refractivity contribution in [1.29, 1.82) is 0 Å². The van der Waals surface area contributed by atoms with E-state index in [1.54, 1.807) is 19.4 Å². The minimum atomic E-state index is -0.325. The smallest absolute Gasteiger partial charge is 0.146 e. The molecule has 2 rings (SSSR count). The highest BCUT2D eigenvalue weighted by molar-refractivity contribution is 5.22. The van der Waals surface area contributed by atoms with Crippen molar-refractivity contribution in [3.63, 3.8) is 0 Å². The van der Waals surface area contributed by atoms with Gasteiger partial charge in [-0.3, -0.25) is 4.98 Å². The Labute approximate surface area is 114 Å². The first-order valence-electron chi connectivity index (χ1n) is 6.95. The molecule has 1 aromatic heterocycles. The molecule has 1 heterocycles. The zero-order valence-electron chi connectivity index (χ0n) is 11.9. The quantitative estimate of drug-likeness (QED) is 0.909. The summed E-state index contributed by atoms with van der Waals surface area (Å²) in [4.78, 5) is 3.83. The van der Waals surface area contributed by atoms with Crippen molar-refractivity contribution < 1.29 is 9.13 Å². The number of rotatable bonds is 4. The molecule has 0 aliphatic heterocycles. The molecule has 1 N–H and O–H groups in total. The molecule has 0 saturated heterocycles. The Morgan fingerprint density at radius 2 is 2.37 bits per heavy atom. The van der Waals surface area contributed by atoms with Crippen LogP contribution in [0.15, 0.2) is 18.5 Å². The van der Waals surface area contributed by atoms with Gasteiger partial charge in [0.2, 0.25) is 0 Å². The maximum absolute atomic E-state index is 14.0. The van der Waals surface area contributed by atoms with Gasteiger partial charge >= 0.3 is 0 Å². The van der Waals surface area contributed by atoms with Crippen molar-refractivity contribution in [3.8, 4) is 0 Å². The van der Waals surface area contributed by atoms with Crippen LogP contribution in [0.5, 0.6) is 0 Å². The van der Waals surface area contributed by atoms with Gasteiger partial charge in [-0.15, -0.1) is 0 Å². The van der Waals surface area contributed by atoms with Crippen LogP contribution in [0.25, 0.3) is 0 Å². The summed E-state index contributed by atoms with van der Waals surface area (Å²) in [6.45, 7) is 2.24. The van der Waals surface area contributed by atoms with Crippen LogP contribution in [0, 0.1) is 11.7 Å². The van der Waals surface area contributed by atoms with Crippen LogP contribution in [0.3, 0.4) is 0 Å². The molecule has 0 bridgehead atoms. The average molecular weight is 266 g/mol. The molecule has 0 radical (unpaired) electrons. The monoisotopic (exact) mass is 266 g/mol. The fourth-order valence-corrected chi connectivity index (χ4v) is 3.43. The molecule has 3 nitrogen and oxygen atoms in total. The Kier molecular flexibility index (Phi) is 4.53. The summed E-state index contributed by atoms with van der Waals surface area (Å²) in [6.07, 6.45) is 7.17. The zero-order valence-corrected chi connectivity index (χ0v) is 11.9. The molecule has 19 heavy (non-hydrogen) atoms. The predicted molar refractivity (Wildman–Crippen MR) is 73.4 cm³/mol. The second-order valence-corrected chi connectivity index (χ2v) is 5.59. The molecule has 106 valence electrons. The summed E-state index contributed by atoms with van der Waals surface area (Å²) in [5.41, 5.74) is 0.322. The molecule has 0 spiro atoms. The number of likely N-dealkylation sites (N-methyl/N-ethyl adjacent to an activating group) is 1. The van der Waals surface area contributed by atoms with Gasteiger partial charge in [0.15, 0.2) is 0 Å². The van der Waals surface area contributed by atoms with E-state index in [1.807, 2.05) is 7.05 Å². The number of hydrogen-bond acceptors (Lipinski definition) is 3. The number of halogens is 1. The highest BCUT2D eigenvalue weighted by Crippen LogP contribution is 2.43. The number of nitrogens with one attached hydrogen (secondary N) is 1. The fourth-order valence-electron chi connectivity index (χ4n) is 3.43. The van der Waals surface area contributed by atoms with Gasteiger partial charge < -0.3 is 10.1 Å². The van der Waals surface area contributed by atoms with Crippen LogP contribution in [-0.4, -0.2) is 24.7 Å². The molecule has 3 unspecified atom stereocenters. The van der Waals surface area contributed by atoms with E-state index in [0.717, 1.165) is 19.3 Å². The number of aromatic nitrogens is 1. The van der Waals surface area contributed by atoms with Gasteiger partial charge in [-0.2, -0.15) is 0 Å². The highest BCUT2D eigenvalue weighted by atomic mass is 19.1. The fraction of sp³-hybridized carbons (Fsp3) is 0.667. The minimum Gasteiger partial charge on any atom is -0.376 e. The third-order valence-corrected chi connectivity index (χ3v) is 4.33. The summed E-state index contributed by atoms with van der Waals surface area (Å²) < 4.78 is 19.9. The molecular weight excluding hydrogens is 243 g/mol. The second kappa shape index (κ2) is 5.97. The Morgan fingerprint density at radius 1 is 1.58 bits per heavy atom.